The average molecular weight is 238 g/mol. The van der Waals surface area contributed by atoms with Crippen molar-refractivity contribution in [1.29, 1.82) is 0 Å². The molecule has 4 heteroatoms. The highest BCUT2D eigenvalue weighted by molar-refractivity contribution is 5.17. The van der Waals surface area contributed by atoms with Crippen LogP contribution in [0.3, 0.4) is 0 Å². The molecule has 0 aliphatic carbocycles. The van der Waals surface area contributed by atoms with Crippen LogP contribution in [0.2, 0.25) is 0 Å². The Labute approximate surface area is 102 Å². The van der Waals surface area contributed by atoms with Gasteiger partial charge in [-0.2, -0.15) is 0 Å². The molecule has 3 nitrogen and oxygen atoms in total. The number of hydrogen-bond acceptors (Lipinski definition) is 3. The molecule has 0 amide bonds. The van der Waals surface area contributed by atoms with Crippen molar-refractivity contribution in [3.8, 4) is 5.75 Å². The molecule has 1 aromatic rings. The Morgan fingerprint density at radius 2 is 2.18 bits per heavy atom. The van der Waals surface area contributed by atoms with Crippen molar-refractivity contribution in [3.05, 3.63) is 24.3 Å². The standard InChI is InChI=1S/C13H19FN2O/c1-9(2)12-7-16(3)8-13(12)17-11-4-10(14)5-15-6-11/h4-6,9,12-13H,7-8H2,1-3H3. The zero-order valence-corrected chi connectivity index (χ0v) is 10.6. The van der Waals surface area contributed by atoms with Crippen molar-refractivity contribution < 1.29 is 9.13 Å². The molecule has 2 unspecified atom stereocenters. The van der Waals surface area contributed by atoms with E-state index in [0.29, 0.717) is 17.6 Å². The van der Waals surface area contributed by atoms with Gasteiger partial charge in [0.1, 0.15) is 17.7 Å². The number of nitrogens with zero attached hydrogens (tertiary/aromatic N) is 2. The third kappa shape index (κ3) is 2.94. The summed E-state index contributed by atoms with van der Waals surface area (Å²) in [6.07, 6.45) is 2.88. The average Bonchev–Trinajstić information content (AvgIpc) is 2.59. The van der Waals surface area contributed by atoms with E-state index in [0.717, 1.165) is 13.1 Å². The summed E-state index contributed by atoms with van der Waals surface area (Å²) in [6.45, 7) is 6.32. The highest BCUT2D eigenvalue weighted by Gasteiger charge is 2.34. The third-order valence-electron chi connectivity index (χ3n) is 3.32. The van der Waals surface area contributed by atoms with Gasteiger partial charge in [-0.3, -0.25) is 4.98 Å². The Hall–Kier alpha value is -1.16. The number of likely N-dealkylation sites (tertiary alicyclic amines) is 1. The second-order valence-electron chi connectivity index (χ2n) is 5.12. The van der Waals surface area contributed by atoms with Gasteiger partial charge in [-0.1, -0.05) is 13.8 Å². The first-order valence-corrected chi connectivity index (χ1v) is 6.02. The number of hydrogen-bond donors (Lipinski definition) is 0. The van der Waals surface area contributed by atoms with E-state index in [1.54, 1.807) is 6.20 Å². The molecular formula is C13H19FN2O. The van der Waals surface area contributed by atoms with Crippen LogP contribution >= 0.6 is 0 Å². The number of rotatable bonds is 3. The van der Waals surface area contributed by atoms with Crippen LogP contribution in [0.1, 0.15) is 13.8 Å². The first-order chi connectivity index (χ1) is 8.06. The lowest BCUT2D eigenvalue weighted by atomic mass is 9.93. The molecule has 0 aromatic carbocycles. The lowest BCUT2D eigenvalue weighted by molar-refractivity contribution is 0.144. The molecule has 0 spiro atoms. The summed E-state index contributed by atoms with van der Waals surface area (Å²) in [5.41, 5.74) is 0. The minimum Gasteiger partial charge on any atom is -0.487 e. The summed E-state index contributed by atoms with van der Waals surface area (Å²) in [4.78, 5) is 6.05. The normalized spacial score (nSPS) is 25.5. The molecule has 2 atom stereocenters. The molecule has 1 saturated heterocycles. The van der Waals surface area contributed by atoms with Gasteiger partial charge >= 0.3 is 0 Å². The molecule has 2 rings (SSSR count). The predicted octanol–water partition coefficient (Wildman–Crippen LogP) is 2.19. The van der Waals surface area contributed by atoms with Crippen LogP contribution in [0, 0.1) is 17.7 Å². The van der Waals surface area contributed by atoms with E-state index in [2.05, 4.69) is 30.8 Å². The van der Waals surface area contributed by atoms with Crippen LogP contribution in [0.15, 0.2) is 18.5 Å². The minimum atomic E-state index is -0.352. The van der Waals surface area contributed by atoms with Crippen LogP contribution in [-0.4, -0.2) is 36.1 Å². The first kappa shape index (κ1) is 12.3. The summed E-state index contributed by atoms with van der Waals surface area (Å²) >= 11 is 0. The fourth-order valence-electron chi connectivity index (χ4n) is 2.39. The summed E-state index contributed by atoms with van der Waals surface area (Å²) in [5.74, 6) is 1.22. The SMILES string of the molecule is CC(C)C1CN(C)CC1Oc1cncc(F)c1. The zero-order chi connectivity index (χ0) is 12.4. The molecule has 2 heterocycles. The van der Waals surface area contributed by atoms with E-state index >= 15 is 0 Å². The van der Waals surface area contributed by atoms with E-state index in [-0.39, 0.29) is 11.9 Å². The second kappa shape index (κ2) is 5.00. The van der Waals surface area contributed by atoms with E-state index in [4.69, 9.17) is 4.74 Å². The maximum absolute atomic E-state index is 13.0. The summed E-state index contributed by atoms with van der Waals surface area (Å²) in [7, 11) is 2.09. The van der Waals surface area contributed by atoms with Gasteiger partial charge < -0.3 is 9.64 Å². The quantitative estimate of drug-likeness (QED) is 0.807. The van der Waals surface area contributed by atoms with E-state index in [9.17, 15) is 4.39 Å². The summed E-state index contributed by atoms with van der Waals surface area (Å²) < 4.78 is 18.9. The summed E-state index contributed by atoms with van der Waals surface area (Å²) in [5, 5.41) is 0. The molecule has 1 aliphatic rings. The van der Waals surface area contributed by atoms with Gasteiger partial charge in [0.15, 0.2) is 0 Å². The molecule has 1 aliphatic heterocycles. The number of halogens is 1. The highest BCUT2D eigenvalue weighted by Crippen LogP contribution is 2.27. The monoisotopic (exact) mass is 238 g/mol. The zero-order valence-electron chi connectivity index (χ0n) is 10.6. The fraction of sp³-hybridized carbons (Fsp3) is 0.615. The molecule has 0 saturated carbocycles. The number of likely N-dealkylation sites (N-methyl/N-ethyl adjacent to an activating group) is 1. The van der Waals surface area contributed by atoms with Crippen molar-refractivity contribution in [1.82, 2.24) is 9.88 Å². The predicted molar refractivity (Wildman–Crippen MR) is 64.4 cm³/mol. The molecule has 94 valence electrons. The molecule has 0 radical (unpaired) electrons. The Bertz CT molecular complexity index is 383. The van der Waals surface area contributed by atoms with Crippen molar-refractivity contribution in [2.75, 3.05) is 20.1 Å². The van der Waals surface area contributed by atoms with Crippen molar-refractivity contribution in [2.45, 2.75) is 20.0 Å². The van der Waals surface area contributed by atoms with Crippen molar-refractivity contribution in [2.24, 2.45) is 11.8 Å². The minimum absolute atomic E-state index is 0.128. The Morgan fingerprint density at radius 1 is 1.41 bits per heavy atom. The van der Waals surface area contributed by atoms with Crippen LogP contribution in [0.4, 0.5) is 4.39 Å². The van der Waals surface area contributed by atoms with Gasteiger partial charge in [-0.25, -0.2) is 4.39 Å². The van der Waals surface area contributed by atoms with Crippen LogP contribution < -0.4 is 4.74 Å². The molecule has 1 aromatic heterocycles. The molecule has 17 heavy (non-hydrogen) atoms. The van der Waals surface area contributed by atoms with Crippen LogP contribution in [-0.2, 0) is 0 Å². The van der Waals surface area contributed by atoms with Crippen molar-refractivity contribution >= 4 is 0 Å². The molecule has 0 bridgehead atoms. The number of pyridine rings is 1. The Kier molecular flexibility index (Phi) is 3.62. The van der Waals surface area contributed by atoms with E-state index in [1.807, 2.05) is 0 Å². The number of aromatic nitrogens is 1. The van der Waals surface area contributed by atoms with Gasteiger partial charge in [-0.05, 0) is 13.0 Å². The Morgan fingerprint density at radius 3 is 2.82 bits per heavy atom. The van der Waals surface area contributed by atoms with E-state index in [1.165, 1.54) is 12.3 Å². The van der Waals surface area contributed by atoms with Crippen molar-refractivity contribution in [3.63, 3.8) is 0 Å². The maximum atomic E-state index is 13.0. The van der Waals surface area contributed by atoms with Gasteiger partial charge in [0.2, 0.25) is 0 Å². The number of ether oxygens (including phenoxy) is 1. The van der Waals surface area contributed by atoms with Crippen LogP contribution in [0.25, 0.3) is 0 Å². The molecular weight excluding hydrogens is 219 g/mol. The second-order valence-corrected chi connectivity index (χ2v) is 5.12. The van der Waals surface area contributed by atoms with Crippen LogP contribution in [0.5, 0.6) is 5.75 Å². The smallest absolute Gasteiger partial charge is 0.145 e. The van der Waals surface area contributed by atoms with Gasteiger partial charge in [-0.15, -0.1) is 0 Å². The van der Waals surface area contributed by atoms with Gasteiger partial charge in [0.05, 0.1) is 12.4 Å². The largest absolute Gasteiger partial charge is 0.487 e. The highest BCUT2D eigenvalue weighted by atomic mass is 19.1. The maximum Gasteiger partial charge on any atom is 0.145 e. The fourth-order valence-corrected chi connectivity index (χ4v) is 2.39. The lowest BCUT2D eigenvalue weighted by Gasteiger charge is -2.22. The molecule has 1 fully saturated rings. The molecule has 0 N–H and O–H groups in total. The third-order valence-corrected chi connectivity index (χ3v) is 3.32. The van der Waals surface area contributed by atoms with Gasteiger partial charge in [0.25, 0.3) is 0 Å². The van der Waals surface area contributed by atoms with E-state index < -0.39 is 0 Å². The topological polar surface area (TPSA) is 25.4 Å². The lowest BCUT2D eigenvalue weighted by Crippen LogP contribution is -2.29. The Balaban J connectivity index is 2.07. The summed E-state index contributed by atoms with van der Waals surface area (Å²) in [6, 6.07) is 1.39. The van der Waals surface area contributed by atoms with Gasteiger partial charge in [0, 0.05) is 25.1 Å². The first-order valence-electron chi connectivity index (χ1n) is 6.02.